The molecule has 1 aromatic rings. The number of primary sulfonamides is 1. The van der Waals surface area contributed by atoms with Crippen molar-refractivity contribution in [3.8, 4) is 0 Å². The Morgan fingerprint density at radius 3 is 2.86 bits per heavy atom. The number of aryl methyl sites for hydroxylation is 1. The SMILES string of the molecule is Cn1nncc1CNCCS(N)(=O)=O. The molecular formula is C6H13N5O2S. The lowest BCUT2D eigenvalue weighted by molar-refractivity contribution is 0.588. The van der Waals surface area contributed by atoms with E-state index in [4.69, 9.17) is 5.14 Å². The Morgan fingerprint density at radius 2 is 2.36 bits per heavy atom. The summed E-state index contributed by atoms with van der Waals surface area (Å²) in [5, 5.41) is 15.2. The smallest absolute Gasteiger partial charge is 0.210 e. The van der Waals surface area contributed by atoms with Crippen LogP contribution in [0, 0.1) is 0 Å². The molecule has 0 spiro atoms. The number of hydrogen-bond acceptors (Lipinski definition) is 5. The maximum Gasteiger partial charge on any atom is 0.210 e. The molecule has 0 radical (unpaired) electrons. The lowest BCUT2D eigenvalue weighted by Gasteiger charge is -2.02. The number of nitrogens with one attached hydrogen (secondary N) is 1. The Bertz CT molecular complexity index is 385. The predicted octanol–water partition coefficient (Wildman–Crippen LogP) is -1.81. The van der Waals surface area contributed by atoms with E-state index in [1.165, 1.54) is 0 Å². The average molecular weight is 219 g/mol. The van der Waals surface area contributed by atoms with Gasteiger partial charge in [-0.25, -0.2) is 13.6 Å². The van der Waals surface area contributed by atoms with Gasteiger partial charge in [0.2, 0.25) is 10.0 Å². The Labute approximate surface area is 82.3 Å². The molecule has 3 N–H and O–H groups in total. The number of sulfonamides is 1. The van der Waals surface area contributed by atoms with Crippen LogP contribution in [-0.4, -0.2) is 35.7 Å². The van der Waals surface area contributed by atoms with E-state index >= 15 is 0 Å². The molecule has 7 nitrogen and oxygen atoms in total. The summed E-state index contributed by atoms with van der Waals surface area (Å²) in [4.78, 5) is 0. The molecule has 0 aliphatic heterocycles. The third kappa shape index (κ3) is 3.81. The summed E-state index contributed by atoms with van der Waals surface area (Å²) in [6, 6.07) is 0. The minimum Gasteiger partial charge on any atom is -0.310 e. The molecule has 0 bridgehead atoms. The summed E-state index contributed by atoms with van der Waals surface area (Å²) in [7, 11) is -1.61. The first-order valence-electron chi connectivity index (χ1n) is 4.04. The zero-order valence-corrected chi connectivity index (χ0v) is 8.66. The molecule has 1 aromatic heterocycles. The highest BCUT2D eigenvalue weighted by Crippen LogP contribution is 1.91. The number of nitrogens with two attached hydrogens (primary N) is 1. The number of rotatable bonds is 5. The molecule has 1 heterocycles. The zero-order chi connectivity index (χ0) is 10.6. The number of aromatic nitrogens is 3. The standard InChI is InChI=1S/C6H13N5O2S/c1-11-6(5-9-10-11)4-8-2-3-14(7,12)13/h5,8H,2-4H2,1H3,(H2,7,12,13). The fraction of sp³-hybridized carbons (Fsp3) is 0.667. The van der Waals surface area contributed by atoms with Gasteiger partial charge in [0.25, 0.3) is 0 Å². The molecule has 0 saturated heterocycles. The van der Waals surface area contributed by atoms with Gasteiger partial charge >= 0.3 is 0 Å². The molecule has 8 heteroatoms. The van der Waals surface area contributed by atoms with Crippen LogP contribution in [0.4, 0.5) is 0 Å². The van der Waals surface area contributed by atoms with Crippen LogP contribution in [0.25, 0.3) is 0 Å². The van der Waals surface area contributed by atoms with Crippen molar-refractivity contribution in [2.75, 3.05) is 12.3 Å². The van der Waals surface area contributed by atoms with Crippen LogP contribution in [0.15, 0.2) is 6.20 Å². The molecule has 80 valence electrons. The van der Waals surface area contributed by atoms with Gasteiger partial charge in [0.15, 0.2) is 0 Å². The third-order valence-electron chi connectivity index (χ3n) is 1.68. The fourth-order valence-electron chi connectivity index (χ4n) is 0.902. The minimum atomic E-state index is -3.38. The Hall–Kier alpha value is -0.990. The van der Waals surface area contributed by atoms with Gasteiger partial charge < -0.3 is 5.32 Å². The Morgan fingerprint density at radius 1 is 1.64 bits per heavy atom. The summed E-state index contributed by atoms with van der Waals surface area (Å²) < 4.78 is 22.7. The normalized spacial score (nSPS) is 11.9. The first kappa shape index (κ1) is 11.1. The molecule has 0 unspecified atom stereocenters. The molecule has 0 atom stereocenters. The van der Waals surface area contributed by atoms with Crippen LogP contribution >= 0.6 is 0 Å². The average Bonchev–Trinajstić information content (AvgIpc) is 2.44. The van der Waals surface area contributed by atoms with Crippen LogP contribution in [0.3, 0.4) is 0 Å². The van der Waals surface area contributed by atoms with Gasteiger partial charge in [-0.1, -0.05) is 5.21 Å². The molecule has 0 saturated carbocycles. The Kier molecular flexibility index (Phi) is 3.55. The molecule has 1 rings (SSSR count). The highest BCUT2D eigenvalue weighted by molar-refractivity contribution is 7.89. The van der Waals surface area contributed by atoms with E-state index < -0.39 is 10.0 Å². The summed E-state index contributed by atoms with van der Waals surface area (Å²) in [6.45, 7) is 0.850. The monoisotopic (exact) mass is 219 g/mol. The van der Waals surface area contributed by atoms with Crippen LogP contribution in [0.2, 0.25) is 0 Å². The molecule has 0 amide bonds. The lowest BCUT2D eigenvalue weighted by atomic mass is 10.4. The van der Waals surface area contributed by atoms with Crippen molar-refractivity contribution in [1.29, 1.82) is 0 Å². The summed E-state index contributed by atoms with van der Waals surface area (Å²) >= 11 is 0. The quantitative estimate of drug-likeness (QED) is 0.568. The van der Waals surface area contributed by atoms with Crippen molar-refractivity contribution in [1.82, 2.24) is 20.3 Å². The van der Waals surface area contributed by atoms with Crippen LogP contribution in [-0.2, 0) is 23.6 Å². The van der Waals surface area contributed by atoms with E-state index in [1.54, 1.807) is 17.9 Å². The number of hydrogen-bond donors (Lipinski definition) is 2. The largest absolute Gasteiger partial charge is 0.310 e. The highest BCUT2D eigenvalue weighted by Gasteiger charge is 2.02. The van der Waals surface area contributed by atoms with E-state index in [1.807, 2.05) is 0 Å². The van der Waals surface area contributed by atoms with Gasteiger partial charge in [0.1, 0.15) is 0 Å². The van der Waals surface area contributed by atoms with Gasteiger partial charge in [0.05, 0.1) is 17.6 Å². The lowest BCUT2D eigenvalue weighted by Crippen LogP contribution is -2.27. The first-order chi connectivity index (χ1) is 6.49. The highest BCUT2D eigenvalue weighted by atomic mass is 32.2. The molecule has 0 fully saturated rings. The first-order valence-corrected chi connectivity index (χ1v) is 5.75. The summed E-state index contributed by atoms with van der Waals surface area (Å²) in [5.74, 6) is -0.0712. The van der Waals surface area contributed by atoms with E-state index in [9.17, 15) is 8.42 Å². The third-order valence-corrected chi connectivity index (χ3v) is 2.45. The molecular weight excluding hydrogens is 206 g/mol. The summed E-state index contributed by atoms with van der Waals surface area (Å²) in [6.07, 6.45) is 1.62. The van der Waals surface area contributed by atoms with Crippen LogP contribution in [0.1, 0.15) is 5.69 Å². The second kappa shape index (κ2) is 4.49. The molecule has 0 aliphatic carbocycles. The second-order valence-corrected chi connectivity index (χ2v) is 4.63. The number of nitrogens with zero attached hydrogens (tertiary/aromatic N) is 3. The van der Waals surface area contributed by atoms with E-state index in [0.717, 1.165) is 5.69 Å². The van der Waals surface area contributed by atoms with Crippen molar-refractivity contribution >= 4 is 10.0 Å². The van der Waals surface area contributed by atoms with Crippen molar-refractivity contribution in [3.05, 3.63) is 11.9 Å². The van der Waals surface area contributed by atoms with Gasteiger partial charge in [-0.15, -0.1) is 5.10 Å². The van der Waals surface area contributed by atoms with Gasteiger partial charge in [-0.2, -0.15) is 0 Å². The van der Waals surface area contributed by atoms with Crippen LogP contribution < -0.4 is 10.5 Å². The molecule has 0 aliphatic rings. The zero-order valence-electron chi connectivity index (χ0n) is 7.84. The van der Waals surface area contributed by atoms with Gasteiger partial charge in [0, 0.05) is 20.1 Å². The van der Waals surface area contributed by atoms with Crippen LogP contribution in [0.5, 0.6) is 0 Å². The Balaban J connectivity index is 2.26. The van der Waals surface area contributed by atoms with Gasteiger partial charge in [-0.3, -0.25) is 4.68 Å². The van der Waals surface area contributed by atoms with E-state index in [-0.39, 0.29) is 5.75 Å². The van der Waals surface area contributed by atoms with Gasteiger partial charge in [-0.05, 0) is 0 Å². The van der Waals surface area contributed by atoms with Crippen molar-refractivity contribution in [3.63, 3.8) is 0 Å². The van der Waals surface area contributed by atoms with Crippen molar-refractivity contribution < 1.29 is 8.42 Å². The van der Waals surface area contributed by atoms with Crippen molar-refractivity contribution in [2.45, 2.75) is 6.54 Å². The second-order valence-electron chi connectivity index (χ2n) is 2.89. The maximum absolute atomic E-state index is 10.6. The fourth-order valence-corrected chi connectivity index (χ4v) is 1.33. The molecule has 0 aromatic carbocycles. The van der Waals surface area contributed by atoms with E-state index in [2.05, 4.69) is 15.6 Å². The topological polar surface area (TPSA) is 103 Å². The van der Waals surface area contributed by atoms with Crippen molar-refractivity contribution in [2.24, 2.45) is 12.2 Å². The molecule has 14 heavy (non-hydrogen) atoms. The predicted molar refractivity (Wildman–Crippen MR) is 50.7 cm³/mol. The summed E-state index contributed by atoms with van der Waals surface area (Å²) in [5.41, 5.74) is 0.888. The maximum atomic E-state index is 10.6. The van der Waals surface area contributed by atoms with E-state index in [0.29, 0.717) is 13.1 Å². The minimum absolute atomic E-state index is 0.0712.